The van der Waals surface area contributed by atoms with Crippen molar-refractivity contribution >= 4 is 17.3 Å². The van der Waals surface area contributed by atoms with Gasteiger partial charge in [0.25, 0.3) is 0 Å². The summed E-state index contributed by atoms with van der Waals surface area (Å²) in [6, 6.07) is 7.72. The van der Waals surface area contributed by atoms with E-state index >= 15 is 0 Å². The van der Waals surface area contributed by atoms with E-state index in [1.54, 1.807) is 0 Å². The molecule has 0 heterocycles. The van der Waals surface area contributed by atoms with Crippen LogP contribution in [0.4, 0.5) is 11.4 Å². The van der Waals surface area contributed by atoms with Gasteiger partial charge < -0.3 is 10.6 Å². The van der Waals surface area contributed by atoms with Gasteiger partial charge in [0.2, 0.25) is 5.91 Å². The first-order valence-corrected chi connectivity index (χ1v) is 8.34. The third kappa shape index (κ3) is 2.92. The Bertz CT molecular complexity index is 514. The van der Waals surface area contributed by atoms with Crippen LogP contribution in [-0.4, -0.2) is 12.5 Å². The summed E-state index contributed by atoms with van der Waals surface area (Å²) in [4.78, 5) is 14.7. The molecule has 0 spiro atoms. The quantitative estimate of drug-likeness (QED) is 0.836. The number of nitrogens with zero attached hydrogens (tertiary/aromatic N) is 1. The van der Waals surface area contributed by atoms with E-state index in [0.29, 0.717) is 18.0 Å². The van der Waals surface area contributed by atoms with Crippen LogP contribution in [-0.2, 0) is 4.79 Å². The highest BCUT2D eigenvalue weighted by Gasteiger charge is 2.40. The minimum atomic E-state index is 0.257. The van der Waals surface area contributed by atoms with Gasteiger partial charge in [-0.05, 0) is 55.6 Å². The predicted molar refractivity (Wildman–Crippen MR) is 87.1 cm³/mol. The highest BCUT2D eigenvalue weighted by Crippen LogP contribution is 2.49. The second-order valence-corrected chi connectivity index (χ2v) is 6.74. The van der Waals surface area contributed by atoms with Crippen molar-refractivity contribution in [3.63, 3.8) is 0 Å². The molecule has 3 unspecified atom stereocenters. The van der Waals surface area contributed by atoms with Gasteiger partial charge in [0.05, 0.1) is 11.4 Å². The summed E-state index contributed by atoms with van der Waals surface area (Å²) in [6.45, 7) is 2.87. The molecule has 2 N–H and O–H groups in total. The summed E-state index contributed by atoms with van der Waals surface area (Å²) in [5, 5.41) is 0. The van der Waals surface area contributed by atoms with Gasteiger partial charge in [0.15, 0.2) is 0 Å². The normalized spacial score (nSPS) is 27.0. The Labute approximate surface area is 127 Å². The molecule has 0 radical (unpaired) electrons. The average molecular weight is 286 g/mol. The Morgan fingerprint density at radius 2 is 2.10 bits per heavy atom. The molecule has 3 rings (SSSR count). The molecule has 1 aromatic rings. The van der Waals surface area contributed by atoms with E-state index in [2.05, 4.69) is 6.92 Å². The molecule has 3 heteroatoms. The SMILES string of the molecule is CCCN(C(=O)CC1CC2CCC1C2)c1ccccc1N. The van der Waals surface area contributed by atoms with E-state index in [4.69, 9.17) is 5.73 Å². The van der Waals surface area contributed by atoms with E-state index in [1.165, 1.54) is 25.7 Å². The highest BCUT2D eigenvalue weighted by molar-refractivity contribution is 5.96. The van der Waals surface area contributed by atoms with E-state index in [1.807, 2.05) is 29.2 Å². The van der Waals surface area contributed by atoms with Gasteiger partial charge >= 0.3 is 0 Å². The minimum absolute atomic E-state index is 0.257. The van der Waals surface area contributed by atoms with E-state index < -0.39 is 0 Å². The highest BCUT2D eigenvalue weighted by atomic mass is 16.2. The smallest absolute Gasteiger partial charge is 0.227 e. The molecule has 2 bridgehead atoms. The van der Waals surface area contributed by atoms with Gasteiger partial charge in [0, 0.05) is 13.0 Å². The zero-order chi connectivity index (χ0) is 14.8. The number of hydrogen-bond acceptors (Lipinski definition) is 2. The third-order valence-corrected chi connectivity index (χ3v) is 5.30. The number of anilines is 2. The Balaban J connectivity index is 1.71. The number of para-hydroxylation sites is 2. The lowest BCUT2D eigenvalue weighted by atomic mass is 9.86. The summed E-state index contributed by atoms with van der Waals surface area (Å²) in [7, 11) is 0. The molecule has 1 amide bonds. The Morgan fingerprint density at radius 1 is 1.29 bits per heavy atom. The van der Waals surface area contributed by atoms with E-state index in [-0.39, 0.29) is 5.91 Å². The van der Waals surface area contributed by atoms with Crippen LogP contribution in [0.2, 0.25) is 0 Å². The largest absolute Gasteiger partial charge is 0.397 e. The van der Waals surface area contributed by atoms with Crippen molar-refractivity contribution in [3.05, 3.63) is 24.3 Å². The van der Waals surface area contributed by atoms with Crippen LogP contribution < -0.4 is 10.6 Å². The molecular formula is C18H26N2O. The van der Waals surface area contributed by atoms with Crippen molar-refractivity contribution in [2.24, 2.45) is 17.8 Å². The first kappa shape index (κ1) is 14.4. The fraction of sp³-hybridized carbons (Fsp3) is 0.611. The van der Waals surface area contributed by atoms with Crippen molar-refractivity contribution in [1.29, 1.82) is 0 Å². The lowest BCUT2D eigenvalue weighted by molar-refractivity contribution is -0.119. The maximum Gasteiger partial charge on any atom is 0.227 e. The number of nitrogens with two attached hydrogens (primary N) is 1. The number of hydrogen-bond donors (Lipinski definition) is 1. The van der Waals surface area contributed by atoms with Gasteiger partial charge in [-0.1, -0.05) is 25.5 Å². The van der Waals surface area contributed by atoms with Crippen molar-refractivity contribution in [2.75, 3.05) is 17.2 Å². The van der Waals surface area contributed by atoms with Crippen LogP contribution in [0.3, 0.4) is 0 Å². The second kappa shape index (κ2) is 6.08. The summed E-state index contributed by atoms with van der Waals surface area (Å²) in [5.41, 5.74) is 7.65. The molecule has 3 nitrogen and oxygen atoms in total. The number of carbonyl (C=O) groups excluding carboxylic acids is 1. The number of carbonyl (C=O) groups is 1. The van der Waals surface area contributed by atoms with Gasteiger partial charge in [-0.3, -0.25) is 4.79 Å². The van der Waals surface area contributed by atoms with Crippen LogP contribution in [0.1, 0.15) is 45.4 Å². The van der Waals surface area contributed by atoms with Gasteiger partial charge in [-0.15, -0.1) is 0 Å². The summed E-state index contributed by atoms with van der Waals surface area (Å²) < 4.78 is 0. The molecule has 0 aromatic heterocycles. The Kier molecular flexibility index (Phi) is 4.18. The molecule has 2 fully saturated rings. The summed E-state index contributed by atoms with van der Waals surface area (Å²) in [5.74, 6) is 2.57. The van der Waals surface area contributed by atoms with Gasteiger partial charge in [0.1, 0.15) is 0 Å². The minimum Gasteiger partial charge on any atom is -0.397 e. The number of benzene rings is 1. The van der Waals surface area contributed by atoms with Crippen LogP contribution >= 0.6 is 0 Å². The third-order valence-electron chi connectivity index (χ3n) is 5.30. The first-order chi connectivity index (χ1) is 10.2. The van der Waals surface area contributed by atoms with Crippen molar-refractivity contribution in [2.45, 2.75) is 45.4 Å². The van der Waals surface area contributed by atoms with Crippen LogP contribution in [0.25, 0.3) is 0 Å². The number of nitrogen functional groups attached to an aromatic ring is 1. The van der Waals surface area contributed by atoms with Crippen molar-refractivity contribution < 1.29 is 4.79 Å². The maximum absolute atomic E-state index is 12.8. The molecule has 114 valence electrons. The fourth-order valence-corrected chi connectivity index (χ4v) is 4.30. The molecule has 21 heavy (non-hydrogen) atoms. The number of amides is 1. The van der Waals surface area contributed by atoms with Crippen LogP contribution in [0, 0.1) is 17.8 Å². The Morgan fingerprint density at radius 3 is 2.71 bits per heavy atom. The van der Waals surface area contributed by atoms with E-state index in [9.17, 15) is 4.79 Å². The predicted octanol–water partition coefficient (Wildman–Crippen LogP) is 3.84. The van der Waals surface area contributed by atoms with Crippen molar-refractivity contribution in [3.8, 4) is 0 Å². The molecule has 2 aliphatic rings. The molecule has 2 saturated carbocycles. The molecule has 0 saturated heterocycles. The van der Waals surface area contributed by atoms with Gasteiger partial charge in [-0.2, -0.15) is 0 Å². The van der Waals surface area contributed by atoms with Crippen molar-refractivity contribution in [1.82, 2.24) is 0 Å². The zero-order valence-corrected chi connectivity index (χ0v) is 12.9. The monoisotopic (exact) mass is 286 g/mol. The van der Waals surface area contributed by atoms with Gasteiger partial charge in [-0.25, -0.2) is 0 Å². The van der Waals surface area contributed by atoms with Crippen LogP contribution in [0.15, 0.2) is 24.3 Å². The second-order valence-electron chi connectivity index (χ2n) is 6.74. The molecule has 1 aromatic carbocycles. The lowest BCUT2D eigenvalue weighted by Crippen LogP contribution is -2.34. The first-order valence-electron chi connectivity index (χ1n) is 8.34. The molecule has 3 atom stereocenters. The Hall–Kier alpha value is -1.51. The molecule has 0 aliphatic heterocycles. The van der Waals surface area contributed by atoms with Crippen LogP contribution in [0.5, 0.6) is 0 Å². The summed E-state index contributed by atoms with van der Waals surface area (Å²) >= 11 is 0. The topological polar surface area (TPSA) is 46.3 Å². The average Bonchev–Trinajstić information content (AvgIpc) is 3.08. The standard InChI is InChI=1S/C18H26N2O/c1-2-9-20(17-6-4-3-5-16(17)19)18(21)12-15-11-13-7-8-14(15)10-13/h3-6,13-15H,2,7-12,19H2,1H3. The number of rotatable bonds is 5. The molecular weight excluding hydrogens is 260 g/mol. The number of fused-ring (bicyclic) bond motifs is 2. The van der Waals surface area contributed by atoms with E-state index in [0.717, 1.165) is 30.5 Å². The zero-order valence-electron chi connectivity index (χ0n) is 12.9. The molecule has 2 aliphatic carbocycles. The fourth-order valence-electron chi connectivity index (χ4n) is 4.30. The maximum atomic E-state index is 12.8. The lowest BCUT2D eigenvalue weighted by Gasteiger charge is -2.27. The summed E-state index contributed by atoms with van der Waals surface area (Å²) in [6.07, 6.45) is 7.01.